The minimum absolute atomic E-state index is 0.0976. The van der Waals surface area contributed by atoms with Gasteiger partial charge in [-0.3, -0.25) is 0 Å². The van der Waals surface area contributed by atoms with Gasteiger partial charge >= 0.3 is 139 Å². The summed E-state index contributed by atoms with van der Waals surface area (Å²) in [6.45, 7) is 6.74. The first-order chi connectivity index (χ1) is 11.4. The molecule has 0 N–H and O–H groups in total. The van der Waals surface area contributed by atoms with Crippen molar-refractivity contribution in [3.63, 3.8) is 0 Å². The van der Waals surface area contributed by atoms with Crippen LogP contribution in [0.25, 0.3) is 0 Å². The van der Waals surface area contributed by atoms with Gasteiger partial charge in [0.25, 0.3) is 0 Å². The second kappa shape index (κ2) is 10.4. The van der Waals surface area contributed by atoms with E-state index in [1.54, 1.807) is 0 Å². The molecule has 1 heterocycles. The Hall–Kier alpha value is -0.321. The first kappa shape index (κ1) is 14.3. The summed E-state index contributed by atoms with van der Waals surface area (Å²) >= 11 is -2.57. The first-order valence-corrected chi connectivity index (χ1v) is 15.9. The van der Waals surface area contributed by atoms with Crippen LogP contribution in [-0.2, 0) is 0 Å². The second-order valence-corrected chi connectivity index (χ2v) is 19.0. The fourth-order valence-electron chi connectivity index (χ4n) is 2.95. The molecule has 3 nitrogen and oxygen atoms in total. The molecular weight excluding hydrogens is 367 g/mol. The van der Waals surface area contributed by atoms with Crippen LogP contribution in [0.4, 0.5) is 0 Å². The molecule has 0 spiro atoms. The summed E-state index contributed by atoms with van der Waals surface area (Å²) in [5.74, 6) is 0.0976. The van der Waals surface area contributed by atoms with Gasteiger partial charge in [0.1, 0.15) is 0 Å². The number of hydrogen-bond donors (Lipinski definition) is 0. The van der Waals surface area contributed by atoms with Crippen molar-refractivity contribution in [2.75, 3.05) is 7.04 Å². The van der Waals surface area contributed by atoms with Gasteiger partial charge in [-0.05, 0) is 0 Å². The molecule has 0 bridgehead atoms. The van der Waals surface area contributed by atoms with Gasteiger partial charge in [0.15, 0.2) is 0 Å². The van der Waals surface area contributed by atoms with Gasteiger partial charge in [-0.1, -0.05) is 0 Å². The topological polar surface area (TPSA) is 35.0 Å². The van der Waals surface area contributed by atoms with E-state index in [1.165, 1.54) is 61.7 Å². The number of unbranched alkanes of at least 4 members (excludes halogenated alkanes) is 3. The van der Waals surface area contributed by atoms with Gasteiger partial charge in [-0.15, -0.1) is 0 Å². The van der Waals surface area contributed by atoms with Crippen molar-refractivity contribution in [1.29, 1.82) is 0 Å². The van der Waals surface area contributed by atoms with E-state index >= 15 is 0 Å². The Balaban J connectivity index is 3.05. The molecule has 0 amide bonds. The van der Waals surface area contributed by atoms with Crippen molar-refractivity contribution in [3.05, 3.63) is 12.4 Å². The average Bonchev–Trinajstić information content (AvgIpc) is 2.54. The van der Waals surface area contributed by atoms with Crippen LogP contribution in [0.3, 0.4) is 0 Å². The third-order valence-corrected chi connectivity index (χ3v) is 19.4. The van der Waals surface area contributed by atoms with Crippen molar-refractivity contribution in [3.8, 4) is 5.88 Å². The number of nitrogens with zero attached hydrogens (tertiary/aromatic N) is 2. The predicted molar refractivity (Wildman–Crippen MR) is 93.1 cm³/mol. The van der Waals surface area contributed by atoms with E-state index < -0.39 is 25.4 Å². The summed E-state index contributed by atoms with van der Waals surface area (Å²) < 4.78 is 31.5. The number of methoxy groups -OCH3 is 1. The monoisotopic (exact) mass is 403 g/mol. The number of ether oxygens (including phenoxy) is 1. The van der Waals surface area contributed by atoms with E-state index in [0.717, 1.165) is 0 Å². The van der Waals surface area contributed by atoms with Crippen LogP contribution in [-0.4, -0.2) is 35.4 Å². The van der Waals surface area contributed by atoms with E-state index in [1.807, 2.05) is 6.20 Å². The number of rotatable bonds is 11. The normalized spacial score (nSPS) is 14.3. The molecule has 4 heteroatoms. The average molecular weight is 402 g/mol. The molecule has 0 saturated carbocycles. The molecule has 0 fully saturated rings. The molecule has 0 aliphatic rings. The van der Waals surface area contributed by atoms with E-state index in [2.05, 4.69) is 30.7 Å². The Kier molecular flexibility index (Phi) is 7.08. The summed E-state index contributed by atoms with van der Waals surface area (Å²) in [6.07, 6.45) is 10.8. The van der Waals surface area contributed by atoms with Crippen LogP contribution >= 0.6 is 0 Å². The fourth-order valence-corrected chi connectivity index (χ4v) is 18.0. The number of aromatic nitrogens is 2. The van der Waals surface area contributed by atoms with Gasteiger partial charge in [0.05, 0.1) is 0 Å². The summed E-state index contributed by atoms with van der Waals surface area (Å²) in [5.41, 5.74) is 0. The molecule has 1 aromatic rings. The van der Waals surface area contributed by atoms with Crippen LogP contribution in [0.15, 0.2) is 12.4 Å². The number of hydrogen-bond acceptors (Lipinski definition) is 3. The Labute approximate surface area is 139 Å². The molecule has 0 atom stereocenters. The Morgan fingerprint density at radius 3 is 1.90 bits per heavy atom. The molecule has 21 heavy (non-hydrogen) atoms. The van der Waals surface area contributed by atoms with Gasteiger partial charge in [0, 0.05) is 0 Å². The maximum absolute atomic E-state index is 7.18. The summed E-state index contributed by atoms with van der Waals surface area (Å²) in [5, 5.41) is 0. The molecule has 0 radical (unpaired) electrons. The van der Waals surface area contributed by atoms with Crippen LogP contribution in [0, 0.1) is 0 Å². The molecule has 120 valence electrons. The van der Waals surface area contributed by atoms with E-state index in [9.17, 15) is 0 Å². The van der Waals surface area contributed by atoms with E-state index in [4.69, 9.17) is 8.85 Å². The summed E-state index contributed by atoms with van der Waals surface area (Å²) in [6, 6.07) is 0. The summed E-state index contributed by atoms with van der Waals surface area (Å²) in [7, 11) is -2.47. The van der Waals surface area contributed by atoms with E-state index in [-0.39, 0.29) is 5.88 Å². The molecule has 0 unspecified atom stereocenters. The van der Waals surface area contributed by atoms with Crippen molar-refractivity contribution < 1.29 is 8.85 Å². The fraction of sp³-hybridized carbons (Fsp3) is 0.765. The Bertz CT molecular complexity index is 444. The van der Waals surface area contributed by atoms with Crippen molar-refractivity contribution in [2.24, 2.45) is 0 Å². The molecule has 1 rings (SSSR count). The van der Waals surface area contributed by atoms with Gasteiger partial charge in [-0.25, -0.2) is 0 Å². The molecular formula is C17H32N2OSn. The Morgan fingerprint density at radius 1 is 0.952 bits per heavy atom. The zero-order chi connectivity index (χ0) is 18.1. The zero-order valence-corrected chi connectivity index (χ0v) is 16.7. The third kappa shape index (κ3) is 5.76. The standard InChI is InChI=1S/C5H5N2O.3C4H9.Sn/c1-8-5-4-6-2-3-7-5;3*1-3-4-2;/h3-4H,1H3;3*1,3-4H2,2H3;/i1D3;;;;. The minimum atomic E-state index is -2.57. The second-order valence-electron chi connectivity index (χ2n) is 5.93. The molecule has 0 aliphatic heterocycles. The quantitative estimate of drug-likeness (QED) is 0.510. The zero-order valence-electron chi connectivity index (χ0n) is 16.8. The Morgan fingerprint density at radius 2 is 1.52 bits per heavy atom. The van der Waals surface area contributed by atoms with Crippen LogP contribution < -0.4 is 8.45 Å². The first-order valence-electron chi connectivity index (χ1n) is 9.88. The van der Waals surface area contributed by atoms with Crippen LogP contribution in [0.1, 0.15) is 63.4 Å². The van der Waals surface area contributed by atoms with Crippen LogP contribution in [0.5, 0.6) is 5.88 Å². The van der Waals surface area contributed by atoms with Crippen LogP contribution in [0.2, 0.25) is 13.3 Å². The molecule has 0 saturated heterocycles. The van der Waals surface area contributed by atoms with E-state index in [0.29, 0.717) is 0 Å². The van der Waals surface area contributed by atoms with Crippen molar-refractivity contribution in [1.82, 2.24) is 9.97 Å². The molecule has 1 aromatic heterocycles. The van der Waals surface area contributed by atoms with Crippen molar-refractivity contribution >= 4 is 22.1 Å². The van der Waals surface area contributed by atoms with Crippen molar-refractivity contribution in [2.45, 2.75) is 72.6 Å². The predicted octanol–water partition coefficient (Wildman–Crippen LogP) is 4.54. The molecule has 0 aliphatic carbocycles. The SMILES string of the molecule is [2H]C([2H])([2H])Oc1cn[c]([Sn]([CH2]CCC)([CH2]CCC)[CH2]CCC)cn1. The third-order valence-electron chi connectivity index (χ3n) is 4.30. The van der Waals surface area contributed by atoms with Gasteiger partial charge < -0.3 is 0 Å². The van der Waals surface area contributed by atoms with Gasteiger partial charge in [0.2, 0.25) is 0 Å². The summed E-state index contributed by atoms with van der Waals surface area (Å²) in [4.78, 5) is 8.91. The van der Waals surface area contributed by atoms with Gasteiger partial charge in [-0.2, -0.15) is 0 Å². The molecule has 0 aromatic carbocycles. The maximum atomic E-state index is 7.18.